The van der Waals surface area contributed by atoms with Crippen molar-refractivity contribution in [3.63, 3.8) is 0 Å². The summed E-state index contributed by atoms with van der Waals surface area (Å²) >= 11 is 24.9. The molecule has 2 saturated heterocycles. The van der Waals surface area contributed by atoms with Crippen molar-refractivity contribution in [1.29, 1.82) is 0 Å². The van der Waals surface area contributed by atoms with Crippen molar-refractivity contribution in [2.75, 3.05) is 23.8 Å². The van der Waals surface area contributed by atoms with Gasteiger partial charge in [-0.3, -0.25) is 28.8 Å². The number of carboxylic acids is 1. The molecule has 6 heterocycles. The third-order valence-electron chi connectivity index (χ3n) is 23.2. The number of amides is 2. The molecule has 6 aliphatic carbocycles. The monoisotopic (exact) mass is 1360 g/mol. The number of carbonyl (C=O) groups is 6. The van der Waals surface area contributed by atoms with Crippen LogP contribution in [0.2, 0.25) is 20.4 Å². The van der Waals surface area contributed by atoms with Gasteiger partial charge in [0.15, 0.2) is 33.5 Å². The molecule has 6 saturated carbocycles. The topological polar surface area (TPSA) is 217 Å². The molecule has 4 aromatic rings. The van der Waals surface area contributed by atoms with Crippen LogP contribution in [0.3, 0.4) is 0 Å². The molecule has 10 aliphatic rings. The number of halogens is 7. The van der Waals surface area contributed by atoms with E-state index in [1.54, 1.807) is 36.4 Å². The first kappa shape index (κ1) is 68.7. The number of nitrogens with two attached hydrogens (primary N) is 1. The van der Waals surface area contributed by atoms with Crippen LogP contribution in [-0.2, 0) is 49.1 Å². The third-order valence-corrected chi connectivity index (χ3v) is 24.2. The molecule has 2 aromatic heterocycles. The fraction of sp³-hybridized carbons (Fsp3) is 0.606. The van der Waals surface area contributed by atoms with Crippen molar-refractivity contribution in [1.82, 2.24) is 9.97 Å². The van der Waals surface area contributed by atoms with E-state index in [1.165, 1.54) is 31.3 Å². The number of Topliss-reactive ketones (excluding diaryl/α,β-unsaturated/α-hetero) is 3. The highest BCUT2D eigenvalue weighted by Crippen LogP contribution is 2.74. The Morgan fingerprint density at radius 1 is 0.565 bits per heavy atom. The normalized spacial score (nSPS) is 30.9. The summed E-state index contributed by atoms with van der Waals surface area (Å²) in [6.45, 7) is 9.79. The summed E-state index contributed by atoms with van der Waals surface area (Å²) in [7, 11) is 0. The van der Waals surface area contributed by atoms with Gasteiger partial charge >= 0.3 is 5.97 Å². The number of ether oxygens (including phenoxy) is 2. The van der Waals surface area contributed by atoms with Gasteiger partial charge in [0.1, 0.15) is 18.0 Å². The molecule has 14 nitrogen and oxygen atoms in total. The third kappa shape index (κ3) is 12.6. The Morgan fingerprint density at radius 3 is 1.37 bits per heavy atom. The van der Waals surface area contributed by atoms with E-state index in [2.05, 4.69) is 48.3 Å². The lowest BCUT2D eigenvalue weighted by molar-refractivity contribution is -0.142. The van der Waals surface area contributed by atoms with Gasteiger partial charge in [-0.15, -0.1) is 12.4 Å². The average molecular weight is 1370 g/mol. The Balaban J connectivity index is 0.000000161. The molecule has 0 unspecified atom stereocenters. The van der Waals surface area contributed by atoms with Gasteiger partial charge in [0, 0.05) is 76.9 Å². The molecule has 0 radical (unpaired) electrons. The molecule has 496 valence electrons. The van der Waals surface area contributed by atoms with Crippen LogP contribution in [0, 0.1) is 62.9 Å². The van der Waals surface area contributed by atoms with Gasteiger partial charge in [0.2, 0.25) is 11.8 Å². The summed E-state index contributed by atoms with van der Waals surface area (Å²) in [4.78, 5) is 87.9. The molecule has 4 aliphatic heterocycles. The number of aliphatic carboxylic acids is 1. The average Bonchev–Trinajstić information content (AvgIpc) is 1.51. The van der Waals surface area contributed by atoms with Crippen LogP contribution in [0.15, 0.2) is 60.9 Å². The zero-order valence-corrected chi connectivity index (χ0v) is 56.5. The number of nitrogens with one attached hydrogen (secondary N) is 2. The lowest BCUT2D eigenvalue weighted by Crippen LogP contribution is -2.52. The van der Waals surface area contributed by atoms with E-state index in [9.17, 15) is 33.9 Å². The Bertz CT molecular complexity index is 3530. The fourth-order valence-corrected chi connectivity index (χ4v) is 18.6. The number of pyridine rings is 2. The minimum absolute atomic E-state index is 0. The van der Waals surface area contributed by atoms with Gasteiger partial charge in [0.25, 0.3) is 0 Å². The van der Waals surface area contributed by atoms with Gasteiger partial charge in [-0.05, 0) is 214 Å². The second-order valence-electron chi connectivity index (χ2n) is 30.0. The first-order valence-corrected chi connectivity index (χ1v) is 34.4. The van der Waals surface area contributed by atoms with Gasteiger partial charge in [0.05, 0.1) is 30.0 Å². The Kier molecular flexibility index (Phi) is 19.7. The maximum atomic E-state index is 16.1. The standard InChI is InChI=1S/C36H41Cl2FN2O4.C25H25Cl2FN2O3.C10H17NO2.ClH/c1-34(2)10-12-35(13-11-34)18-24(27(42)16-21-5-8-29(45-19-21)28(43)15-20-3-4-20)30(23-9-14-40-32(38)31(23)39)36(35)25-7-6-22(37)17-26(25)41-33(36)44;1-23(2)6-8-24(9-7-23)12-15(21(31)32)18(14-5-10-29-20(27)19(14)28)25(24)16-4-3-13(26)11-17(16)30-22(25)33;11-8-3-4-10(13-6-8)9(12)5-7-1-2-7;/h6-7,9,14,17,20-21,24,29-30H,3-5,8,10-13,15-16,18-19H2,1-2H3,(H,41,44);3-5,10-11,15,18H,6-9,12H2,1-2H3,(H,30,33)(H,31,32);7-8,10H,1-6,11H2;1H/t21-,24-,29-,30-,36+;15-,18+,25-;8-,10+;/m011./s1. The predicted molar refractivity (Wildman–Crippen MR) is 352 cm³/mol. The van der Waals surface area contributed by atoms with Crippen molar-refractivity contribution in [2.45, 2.75) is 203 Å². The van der Waals surface area contributed by atoms with Crippen LogP contribution >= 0.6 is 58.8 Å². The van der Waals surface area contributed by atoms with Crippen LogP contribution in [-0.4, -0.2) is 81.7 Å². The van der Waals surface area contributed by atoms with Crippen LogP contribution in [0.25, 0.3) is 0 Å². The van der Waals surface area contributed by atoms with E-state index in [0.29, 0.717) is 89.9 Å². The van der Waals surface area contributed by atoms with Gasteiger partial charge in [-0.2, -0.15) is 0 Å². The second kappa shape index (κ2) is 26.4. The largest absolute Gasteiger partial charge is 0.481 e. The number of rotatable bonds is 12. The lowest BCUT2D eigenvalue weighted by Gasteiger charge is -2.51. The number of fused-ring (bicyclic) bond motifs is 6. The van der Waals surface area contributed by atoms with E-state index in [0.717, 1.165) is 82.6 Å². The summed E-state index contributed by atoms with van der Waals surface area (Å²) in [6.07, 6.45) is 18.8. The highest BCUT2D eigenvalue weighted by molar-refractivity contribution is 6.32. The summed E-state index contributed by atoms with van der Waals surface area (Å²) in [5.41, 5.74) is 5.27. The maximum Gasteiger partial charge on any atom is 0.307 e. The van der Waals surface area contributed by atoms with Crippen LogP contribution in [0.5, 0.6) is 0 Å². The van der Waals surface area contributed by atoms with E-state index >= 15 is 8.78 Å². The fourth-order valence-electron chi connectivity index (χ4n) is 17.9. The number of anilines is 2. The number of carbonyl (C=O) groups excluding carboxylic acids is 5. The van der Waals surface area contributed by atoms with E-state index in [4.69, 9.17) is 61.6 Å². The van der Waals surface area contributed by atoms with E-state index in [1.807, 2.05) is 6.07 Å². The van der Waals surface area contributed by atoms with Gasteiger partial charge < -0.3 is 30.9 Å². The number of hydrogen-bond acceptors (Lipinski definition) is 11. The van der Waals surface area contributed by atoms with Gasteiger partial charge in [-0.1, -0.05) is 86.2 Å². The predicted octanol–water partition coefficient (Wildman–Crippen LogP) is 15.7. The highest BCUT2D eigenvalue weighted by Gasteiger charge is 2.74. The van der Waals surface area contributed by atoms with Crippen molar-refractivity contribution < 1.29 is 52.1 Å². The van der Waals surface area contributed by atoms with Gasteiger partial charge in [-0.25, -0.2) is 18.7 Å². The van der Waals surface area contributed by atoms with Crippen molar-refractivity contribution in [3.8, 4) is 0 Å². The molecule has 92 heavy (non-hydrogen) atoms. The second-order valence-corrected chi connectivity index (χ2v) is 31.6. The number of nitrogens with zero attached hydrogens (tertiary/aromatic N) is 2. The molecule has 10 atom stereocenters. The maximum absolute atomic E-state index is 16.1. The first-order chi connectivity index (χ1) is 43.2. The lowest BCUT2D eigenvalue weighted by atomic mass is 9.51. The summed E-state index contributed by atoms with van der Waals surface area (Å²) in [5, 5.41) is 16.8. The number of hydrogen-bond donors (Lipinski definition) is 4. The molecule has 5 N–H and O–H groups in total. The zero-order chi connectivity index (χ0) is 64.7. The molecular formula is C71H84Cl5F2N5O9. The van der Waals surface area contributed by atoms with Crippen molar-refractivity contribution >= 4 is 105 Å². The molecule has 0 bridgehead atoms. The molecule has 2 amide bonds. The molecular weight excluding hydrogens is 1280 g/mol. The van der Waals surface area contributed by atoms with Crippen LogP contribution in [0.4, 0.5) is 20.2 Å². The van der Waals surface area contributed by atoms with E-state index in [-0.39, 0.29) is 105 Å². The molecule has 8 fully saturated rings. The van der Waals surface area contributed by atoms with E-state index < -0.39 is 62.9 Å². The number of aromatic nitrogens is 2. The highest BCUT2D eigenvalue weighted by atomic mass is 35.5. The quantitative estimate of drug-likeness (QED) is 0.0974. The molecule has 21 heteroatoms. The first-order valence-electron chi connectivity index (χ1n) is 32.8. The SMILES string of the molecule is CC1(C)CCC2(CC1)C[C@@H](C(=O)C[C@@H]1CC[C@@H](C(=O)CC3CC3)OC1)[C@H](c1ccnc(Cl)c1F)[C@]21C(=O)Nc2cc(Cl)ccc21.CC1(C)CCC2(CC1)C[C@@H](C(=O)O)[C@H](c1ccnc(Cl)c1F)[C@]21C(=O)Nc2cc(Cl)ccc21.Cl.N[C@@H]1CC[C@@H](C(=O)CC2CC2)OC1. The smallest absolute Gasteiger partial charge is 0.307 e. The summed E-state index contributed by atoms with van der Waals surface area (Å²) in [6, 6.07) is 13.8. The summed E-state index contributed by atoms with van der Waals surface area (Å²) < 4.78 is 43.0. The minimum atomic E-state index is -1.25. The Morgan fingerprint density at radius 2 is 0.967 bits per heavy atom. The number of benzene rings is 2. The number of ketones is 3. The molecule has 14 rings (SSSR count). The zero-order valence-electron chi connectivity index (χ0n) is 52.7. The Labute approximate surface area is 563 Å². The number of carboxylic acid groups (broad SMARTS) is 1. The van der Waals surface area contributed by atoms with Crippen molar-refractivity contribution in [3.05, 3.63) is 115 Å². The molecule has 2 aromatic carbocycles. The summed E-state index contributed by atoms with van der Waals surface area (Å²) in [5.74, 6) is -4.59. The van der Waals surface area contributed by atoms with Crippen LogP contribution in [0.1, 0.15) is 197 Å². The Hall–Kier alpha value is -4.65. The van der Waals surface area contributed by atoms with Crippen molar-refractivity contribution in [2.24, 2.45) is 57.0 Å². The van der Waals surface area contributed by atoms with Crippen LogP contribution < -0.4 is 16.4 Å². The molecule has 4 spiro atoms. The minimum Gasteiger partial charge on any atom is -0.481 e.